The summed E-state index contributed by atoms with van der Waals surface area (Å²) >= 11 is 0. The molecule has 0 rings (SSSR count). The van der Waals surface area contributed by atoms with Gasteiger partial charge < -0.3 is 11.1 Å². The number of carbonyl (C=O) groups is 1. The highest BCUT2D eigenvalue weighted by Gasteiger charge is 1.99. The lowest BCUT2D eigenvalue weighted by atomic mass is 10.1. The van der Waals surface area contributed by atoms with E-state index in [1.54, 1.807) is 21.6 Å². The number of hydrogen-bond donors (Lipinski definition) is 2. The van der Waals surface area contributed by atoms with Crippen molar-refractivity contribution in [3.05, 3.63) is 0 Å². The van der Waals surface area contributed by atoms with Crippen LogP contribution in [0.5, 0.6) is 0 Å². The van der Waals surface area contributed by atoms with E-state index in [0.717, 1.165) is 31.0 Å². The first-order chi connectivity index (χ1) is 7.81. The van der Waals surface area contributed by atoms with E-state index in [4.69, 9.17) is 5.73 Å². The Bertz CT molecular complexity index is 168. The number of hydrogen-bond acceptors (Lipinski definition) is 4. The van der Waals surface area contributed by atoms with Gasteiger partial charge in [-0.05, 0) is 6.42 Å². The van der Waals surface area contributed by atoms with Gasteiger partial charge in [-0.2, -0.15) is 0 Å². The summed E-state index contributed by atoms with van der Waals surface area (Å²) in [5.41, 5.74) is 5.37. The van der Waals surface area contributed by atoms with Crippen LogP contribution in [0.25, 0.3) is 0 Å². The molecule has 0 aliphatic rings. The first-order valence-corrected chi connectivity index (χ1v) is 8.51. The fourth-order valence-corrected chi connectivity index (χ4v) is 2.96. The van der Waals surface area contributed by atoms with Crippen LogP contribution in [0.1, 0.15) is 39.0 Å². The fraction of sp³-hybridized carbons (Fsp3) is 0.909. The molecule has 3 N–H and O–H groups in total. The number of nitrogens with one attached hydrogen (secondary N) is 1. The van der Waals surface area contributed by atoms with Gasteiger partial charge in [0.1, 0.15) is 0 Å². The zero-order valence-electron chi connectivity index (χ0n) is 10.2. The SMILES string of the molecule is CCCCCCC(=O)NCCSSCCN. The lowest BCUT2D eigenvalue weighted by Gasteiger charge is -2.04. The largest absolute Gasteiger partial charge is 0.355 e. The summed E-state index contributed by atoms with van der Waals surface area (Å²) in [4.78, 5) is 11.3. The van der Waals surface area contributed by atoms with Crippen LogP contribution < -0.4 is 11.1 Å². The van der Waals surface area contributed by atoms with Crippen LogP contribution in [0.15, 0.2) is 0 Å². The van der Waals surface area contributed by atoms with Crippen molar-refractivity contribution in [2.45, 2.75) is 39.0 Å². The molecular weight excluding hydrogens is 240 g/mol. The molecular formula is C11H24N2OS2. The Kier molecular flexibility index (Phi) is 13.3. The maximum atomic E-state index is 11.3. The summed E-state index contributed by atoms with van der Waals surface area (Å²) in [6.45, 7) is 3.67. The second-order valence-electron chi connectivity index (χ2n) is 3.59. The third-order valence-electron chi connectivity index (χ3n) is 2.05. The molecule has 5 heteroatoms. The Morgan fingerprint density at radius 1 is 1.19 bits per heavy atom. The smallest absolute Gasteiger partial charge is 0.220 e. The summed E-state index contributed by atoms with van der Waals surface area (Å²) in [6.07, 6.45) is 5.33. The summed E-state index contributed by atoms with van der Waals surface area (Å²) in [6, 6.07) is 0. The number of unbranched alkanes of at least 4 members (excludes halogenated alkanes) is 3. The highest BCUT2D eigenvalue weighted by atomic mass is 33.1. The third-order valence-corrected chi connectivity index (χ3v) is 4.49. The molecule has 0 aliphatic heterocycles. The van der Waals surface area contributed by atoms with Crippen molar-refractivity contribution in [3.8, 4) is 0 Å². The van der Waals surface area contributed by atoms with Crippen molar-refractivity contribution in [1.29, 1.82) is 0 Å². The molecule has 0 saturated carbocycles. The van der Waals surface area contributed by atoms with E-state index < -0.39 is 0 Å². The molecule has 0 heterocycles. The highest BCUT2D eigenvalue weighted by Crippen LogP contribution is 2.18. The van der Waals surface area contributed by atoms with Gasteiger partial charge in [-0.1, -0.05) is 47.8 Å². The molecule has 0 aliphatic carbocycles. The van der Waals surface area contributed by atoms with Gasteiger partial charge in [0.05, 0.1) is 0 Å². The van der Waals surface area contributed by atoms with Gasteiger partial charge in [-0.3, -0.25) is 4.79 Å². The topological polar surface area (TPSA) is 55.1 Å². The highest BCUT2D eigenvalue weighted by molar-refractivity contribution is 8.76. The van der Waals surface area contributed by atoms with Crippen LogP contribution in [0.4, 0.5) is 0 Å². The maximum Gasteiger partial charge on any atom is 0.220 e. The van der Waals surface area contributed by atoms with Crippen molar-refractivity contribution in [2.24, 2.45) is 5.73 Å². The molecule has 0 aromatic carbocycles. The molecule has 0 fully saturated rings. The summed E-state index contributed by atoms with van der Waals surface area (Å²) in [7, 11) is 3.54. The first-order valence-electron chi connectivity index (χ1n) is 6.02. The third kappa shape index (κ3) is 12.2. The summed E-state index contributed by atoms with van der Waals surface area (Å²) in [5.74, 6) is 2.14. The van der Waals surface area contributed by atoms with Gasteiger partial charge in [0.2, 0.25) is 5.91 Å². The predicted octanol–water partition coefficient (Wildman–Crippen LogP) is 2.41. The Labute approximate surface area is 107 Å². The minimum Gasteiger partial charge on any atom is -0.355 e. The molecule has 0 atom stereocenters. The van der Waals surface area contributed by atoms with Crippen molar-refractivity contribution < 1.29 is 4.79 Å². The first kappa shape index (κ1) is 16.1. The lowest BCUT2D eigenvalue weighted by Crippen LogP contribution is -2.25. The number of amides is 1. The van der Waals surface area contributed by atoms with Crippen LogP contribution in [0.2, 0.25) is 0 Å². The van der Waals surface area contributed by atoms with Gasteiger partial charge in [0.25, 0.3) is 0 Å². The molecule has 16 heavy (non-hydrogen) atoms. The second kappa shape index (κ2) is 13.2. The molecule has 0 aromatic rings. The molecule has 0 saturated heterocycles. The number of carbonyl (C=O) groups excluding carboxylic acids is 1. The monoisotopic (exact) mass is 264 g/mol. The van der Waals surface area contributed by atoms with Crippen molar-refractivity contribution in [2.75, 3.05) is 24.6 Å². The van der Waals surface area contributed by atoms with Gasteiger partial charge in [0, 0.05) is 31.0 Å². The molecule has 0 unspecified atom stereocenters. The van der Waals surface area contributed by atoms with Gasteiger partial charge in [0.15, 0.2) is 0 Å². The zero-order valence-corrected chi connectivity index (χ0v) is 11.8. The van der Waals surface area contributed by atoms with Crippen molar-refractivity contribution >= 4 is 27.5 Å². The molecule has 3 nitrogen and oxygen atoms in total. The maximum absolute atomic E-state index is 11.3. The number of nitrogens with two attached hydrogens (primary N) is 1. The van der Waals surface area contributed by atoms with Gasteiger partial charge in [-0.25, -0.2) is 0 Å². The second-order valence-corrected chi connectivity index (χ2v) is 6.30. The molecule has 0 spiro atoms. The van der Waals surface area contributed by atoms with E-state index >= 15 is 0 Å². The minimum atomic E-state index is 0.195. The predicted molar refractivity (Wildman–Crippen MR) is 75.7 cm³/mol. The zero-order chi connectivity index (χ0) is 12.1. The molecule has 96 valence electrons. The van der Waals surface area contributed by atoms with Crippen LogP contribution in [0, 0.1) is 0 Å². The Hall–Kier alpha value is 0.130. The normalized spacial score (nSPS) is 10.4. The quantitative estimate of drug-likeness (QED) is 0.444. The number of rotatable bonds is 11. The van der Waals surface area contributed by atoms with Crippen LogP contribution >= 0.6 is 21.6 Å². The molecule has 0 bridgehead atoms. The van der Waals surface area contributed by atoms with Gasteiger partial charge >= 0.3 is 0 Å². The Morgan fingerprint density at radius 3 is 2.62 bits per heavy atom. The van der Waals surface area contributed by atoms with Crippen molar-refractivity contribution in [1.82, 2.24) is 5.32 Å². The van der Waals surface area contributed by atoms with E-state index in [1.807, 2.05) is 0 Å². The van der Waals surface area contributed by atoms with Crippen LogP contribution in [-0.2, 0) is 4.79 Å². The summed E-state index contributed by atoms with van der Waals surface area (Å²) in [5, 5.41) is 2.93. The average molecular weight is 264 g/mol. The van der Waals surface area contributed by atoms with Gasteiger partial charge in [-0.15, -0.1) is 0 Å². The summed E-state index contributed by atoms with van der Waals surface area (Å²) < 4.78 is 0. The van der Waals surface area contributed by atoms with Crippen molar-refractivity contribution in [3.63, 3.8) is 0 Å². The molecule has 0 radical (unpaired) electrons. The van der Waals surface area contributed by atoms with Crippen LogP contribution in [0.3, 0.4) is 0 Å². The Morgan fingerprint density at radius 2 is 1.94 bits per heavy atom. The molecule has 1 amide bonds. The Balaban J connectivity index is 3.11. The van der Waals surface area contributed by atoms with E-state index in [2.05, 4.69) is 12.2 Å². The van der Waals surface area contributed by atoms with E-state index in [-0.39, 0.29) is 5.91 Å². The van der Waals surface area contributed by atoms with E-state index in [1.165, 1.54) is 19.3 Å². The van der Waals surface area contributed by atoms with Crippen LogP contribution in [-0.4, -0.2) is 30.5 Å². The van der Waals surface area contributed by atoms with E-state index in [9.17, 15) is 4.79 Å². The standard InChI is InChI=1S/C11H24N2OS2/c1-2-3-4-5-6-11(14)13-8-10-16-15-9-7-12/h2-10,12H2,1H3,(H,13,14). The van der Waals surface area contributed by atoms with E-state index in [0.29, 0.717) is 6.42 Å². The lowest BCUT2D eigenvalue weighted by molar-refractivity contribution is -0.121. The molecule has 0 aromatic heterocycles. The fourth-order valence-electron chi connectivity index (χ4n) is 1.20. The average Bonchev–Trinajstić information content (AvgIpc) is 2.29. The minimum absolute atomic E-state index is 0.195.